The molecule has 1 saturated heterocycles. The third kappa shape index (κ3) is 3.20. The van der Waals surface area contributed by atoms with Crippen molar-refractivity contribution in [1.29, 1.82) is 0 Å². The molecule has 0 bridgehead atoms. The maximum atomic E-state index is 12.7. The normalized spacial score (nSPS) is 22.2. The van der Waals surface area contributed by atoms with E-state index in [0.717, 1.165) is 31.2 Å². The van der Waals surface area contributed by atoms with E-state index in [-0.39, 0.29) is 36.4 Å². The minimum Gasteiger partial charge on any atom is -0.454 e. The third-order valence-electron chi connectivity index (χ3n) is 6.12. The topological polar surface area (TPSA) is 84.9 Å². The molecule has 0 aromatic heterocycles. The van der Waals surface area contributed by atoms with Gasteiger partial charge >= 0.3 is 0 Å². The molecule has 5 rings (SSSR count). The first-order chi connectivity index (χ1) is 14.6. The van der Waals surface area contributed by atoms with Gasteiger partial charge in [0.05, 0.1) is 17.5 Å². The second-order valence-electron chi connectivity index (χ2n) is 7.93. The number of hydrogen-bond acceptors (Lipinski definition) is 5. The number of amides is 3. The van der Waals surface area contributed by atoms with Crippen molar-refractivity contribution in [3.8, 4) is 11.5 Å². The molecule has 2 fully saturated rings. The highest BCUT2D eigenvalue weighted by molar-refractivity contribution is 6.22. The summed E-state index contributed by atoms with van der Waals surface area (Å²) in [5.74, 6) is 0.561. The Morgan fingerprint density at radius 1 is 0.933 bits per heavy atom. The molecule has 2 aromatic carbocycles. The summed E-state index contributed by atoms with van der Waals surface area (Å²) in [7, 11) is 0. The number of benzene rings is 2. The first-order valence-electron chi connectivity index (χ1n) is 10.3. The average molecular weight is 406 g/mol. The number of nitrogens with one attached hydrogen (secondary N) is 1. The van der Waals surface area contributed by atoms with Crippen LogP contribution in [0.2, 0.25) is 0 Å². The summed E-state index contributed by atoms with van der Waals surface area (Å²) in [5, 5.41) is 2.87. The largest absolute Gasteiger partial charge is 0.454 e. The van der Waals surface area contributed by atoms with Crippen LogP contribution in [0, 0.1) is 11.8 Å². The van der Waals surface area contributed by atoms with E-state index >= 15 is 0 Å². The Hall–Kier alpha value is -3.35. The minimum absolute atomic E-state index is 0.107. The van der Waals surface area contributed by atoms with Crippen molar-refractivity contribution in [3.63, 3.8) is 0 Å². The number of fused-ring (bicyclic) bond motifs is 2. The van der Waals surface area contributed by atoms with Crippen LogP contribution in [0.1, 0.15) is 41.6 Å². The summed E-state index contributed by atoms with van der Waals surface area (Å²) in [6.45, 7) is 0.560. The van der Waals surface area contributed by atoms with Crippen molar-refractivity contribution in [3.05, 3.63) is 53.6 Å². The molecule has 3 amide bonds. The number of rotatable bonds is 4. The summed E-state index contributed by atoms with van der Waals surface area (Å²) >= 11 is 0. The lowest BCUT2D eigenvalue weighted by Gasteiger charge is -2.19. The summed E-state index contributed by atoms with van der Waals surface area (Å²) < 4.78 is 10.6. The molecule has 2 aromatic rings. The van der Waals surface area contributed by atoms with Crippen LogP contribution in [0.3, 0.4) is 0 Å². The van der Waals surface area contributed by atoms with Crippen molar-refractivity contribution in [1.82, 2.24) is 5.32 Å². The number of hydrogen-bond donors (Lipinski definition) is 1. The minimum atomic E-state index is -0.230. The molecule has 1 saturated carbocycles. The number of ether oxygens (including phenoxy) is 2. The van der Waals surface area contributed by atoms with E-state index < -0.39 is 0 Å². The molecule has 3 aliphatic rings. The number of anilines is 1. The molecule has 2 aliphatic heterocycles. The fraction of sp³-hybridized carbons (Fsp3) is 0.348. The molecule has 7 heteroatoms. The summed E-state index contributed by atoms with van der Waals surface area (Å²) in [6, 6.07) is 12.2. The van der Waals surface area contributed by atoms with Crippen molar-refractivity contribution >= 4 is 23.4 Å². The van der Waals surface area contributed by atoms with Crippen molar-refractivity contribution in [2.45, 2.75) is 32.2 Å². The standard InChI is InChI=1S/C23H22N2O5/c26-21(24-12-14-5-10-19-20(11-14)30-13-29-19)15-6-8-16(9-7-15)25-22(27)17-3-1-2-4-18(17)23(25)28/h5-11,17-18H,1-4,12-13H2,(H,24,26)/t17-,18-/m0/s1. The van der Waals surface area contributed by atoms with Gasteiger partial charge in [0.25, 0.3) is 5.91 Å². The van der Waals surface area contributed by atoms with Gasteiger partial charge in [0.1, 0.15) is 0 Å². The van der Waals surface area contributed by atoms with Gasteiger partial charge in [-0.05, 0) is 54.8 Å². The Bertz CT molecular complexity index is 993. The zero-order valence-corrected chi connectivity index (χ0v) is 16.4. The lowest BCUT2D eigenvalue weighted by Crippen LogP contribution is -2.31. The highest BCUT2D eigenvalue weighted by Crippen LogP contribution is 2.40. The molecule has 154 valence electrons. The van der Waals surface area contributed by atoms with Gasteiger partial charge in [0.15, 0.2) is 11.5 Å². The maximum Gasteiger partial charge on any atom is 0.251 e. The lowest BCUT2D eigenvalue weighted by atomic mass is 9.81. The molecular weight excluding hydrogens is 384 g/mol. The van der Waals surface area contributed by atoms with E-state index in [1.807, 2.05) is 18.2 Å². The first-order valence-corrected chi connectivity index (χ1v) is 10.3. The zero-order valence-electron chi connectivity index (χ0n) is 16.4. The number of nitrogens with zero attached hydrogens (tertiary/aromatic N) is 1. The van der Waals surface area contributed by atoms with E-state index in [1.54, 1.807) is 24.3 Å². The molecule has 1 aliphatic carbocycles. The van der Waals surface area contributed by atoms with Gasteiger partial charge in [0, 0.05) is 12.1 Å². The smallest absolute Gasteiger partial charge is 0.251 e. The van der Waals surface area contributed by atoms with Gasteiger partial charge in [-0.2, -0.15) is 0 Å². The molecule has 0 unspecified atom stereocenters. The van der Waals surface area contributed by atoms with Gasteiger partial charge < -0.3 is 14.8 Å². The van der Waals surface area contributed by atoms with E-state index in [0.29, 0.717) is 29.3 Å². The number of carbonyl (C=O) groups is 3. The van der Waals surface area contributed by atoms with Crippen molar-refractivity contribution in [2.24, 2.45) is 11.8 Å². The molecular formula is C23H22N2O5. The molecule has 7 nitrogen and oxygen atoms in total. The van der Waals surface area contributed by atoms with E-state index in [2.05, 4.69) is 5.32 Å². The first kappa shape index (κ1) is 18.7. The molecule has 2 atom stereocenters. The molecule has 0 radical (unpaired) electrons. The van der Waals surface area contributed by atoms with E-state index in [9.17, 15) is 14.4 Å². The van der Waals surface area contributed by atoms with Crippen molar-refractivity contribution in [2.75, 3.05) is 11.7 Å². The highest BCUT2D eigenvalue weighted by atomic mass is 16.7. The maximum absolute atomic E-state index is 12.7. The Labute approximate surface area is 174 Å². The van der Waals surface area contributed by atoms with Crippen LogP contribution in [-0.4, -0.2) is 24.5 Å². The fourth-order valence-electron chi connectivity index (χ4n) is 4.51. The lowest BCUT2D eigenvalue weighted by molar-refractivity contribution is -0.122. The Kier molecular flexibility index (Phi) is 4.65. The number of carbonyl (C=O) groups excluding carboxylic acids is 3. The summed E-state index contributed by atoms with van der Waals surface area (Å²) in [5.41, 5.74) is 1.91. The van der Waals surface area contributed by atoms with Crippen LogP contribution >= 0.6 is 0 Å². The third-order valence-corrected chi connectivity index (χ3v) is 6.12. The van der Waals surface area contributed by atoms with Crippen LogP contribution in [-0.2, 0) is 16.1 Å². The average Bonchev–Trinajstić information content (AvgIpc) is 3.35. The SMILES string of the molecule is O=C(NCc1ccc2c(c1)OCO2)c1ccc(N2C(=O)[C@H]3CCCC[C@@H]3C2=O)cc1. The Morgan fingerprint density at radius 3 is 2.30 bits per heavy atom. The molecule has 30 heavy (non-hydrogen) atoms. The Morgan fingerprint density at radius 2 is 1.60 bits per heavy atom. The monoisotopic (exact) mass is 406 g/mol. The second-order valence-corrected chi connectivity index (χ2v) is 7.93. The van der Waals surface area contributed by atoms with Gasteiger partial charge in [-0.25, -0.2) is 0 Å². The van der Waals surface area contributed by atoms with E-state index in [1.165, 1.54) is 4.90 Å². The molecule has 0 spiro atoms. The van der Waals surface area contributed by atoms with Crippen LogP contribution < -0.4 is 19.7 Å². The second kappa shape index (κ2) is 7.48. The van der Waals surface area contributed by atoms with Crippen LogP contribution in [0.5, 0.6) is 11.5 Å². The Balaban J connectivity index is 1.25. The predicted octanol–water partition coefficient (Wildman–Crippen LogP) is 3.02. The van der Waals surface area contributed by atoms with Gasteiger partial charge in [-0.15, -0.1) is 0 Å². The van der Waals surface area contributed by atoms with Gasteiger partial charge in [0.2, 0.25) is 18.6 Å². The zero-order chi connectivity index (χ0) is 20.7. The van der Waals surface area contributed by atoms with Crippen LogP contribution in [0.15, 0.2) is 42.5 Å². The number of imide groups is 1. The summed E-state index contributed by atoms with van der Waals surface area (Å²) in [4.78, 5) is 39.2. The van der Waals surface area contributed by atoms with Crippen LogP contribution in [0.25, 0.3) is 0 Å². The van der Waals surface area contributed by atoms with Gasteiger partial charge in [-0.3, -0.25) is 19.3 Å². The van der Waals surface area contributed by atoms with Gasteiger partial charge in [-0.1, -0.05) is 18.9 Å². The van der Waals surface area contributed by atoms with Crippen molar-refractivity contribution < 1.29 is 23.9 Å². The highest BCUT2D eigenvalue weighted by Gasteiger charge is 2.48. The molecule has 1 N–H and O–H groups in total. The molecule has 2 heterocycles. The quantitative estimate of drug-likeness (QED) is 0.789. The van der Waals surface area contributed by atoms with Crippen LogP contribution in [0.4, 0.5) is 5.69 Å². The fourth-order valence-corrected chi connectivity index (χ4v) is 4.51. The predicted molar refractivity (Wildman–Crippen MR) is 108 cm³/mol. The van der Waals surface area contributed by atoms with E-state index in [4.69, 9.17) is 9.47 Å². The summed E-state index contributed by atoms with van der Waals surface area (Å²) in [6.07, 6.45) is 3.56.